The fourth-order valence-electron chi connectivity index (χ4n) is 5.22. The normalized spacial score (nSPS) is 24.2. The van der Waals surface area contributed by atoms with E-state index in [2.05, 4.69) is 10.6 Å². The Hall–Kier alpha value is -2.96. The molecule has 4 rings (SSSR count). The third-order valence-electron chi connectivity index (χ3n) is 6.49. The lowest BCUT2D eigenvalue weighted by atomic mass is 9.62. The second kappa shape index (κ2) is 10.5. The third-order valence-corrected chi connectivity index (χ3v) is 7.00. The largest absolute Gasteiger partial charge is 0.490 e. The molecule has 2 aliphatic rings. The van der Waals surface area contributed by atoms with Gasteiger partial charge in [-0.1, -0.05) is 56.1 Å². The number of carbonyl (C=O) groups is 3. The number of carbonyl (C=O) groups excluding carboxylic acids is 1. The molecule has 39 heavy (non-hydrogen) atoms. The minimum Gasteiger partial charge on any atom is -0.480 e. The summed E-state index contributed by atoms with van der Waals surface area (Å²) in [5, 5.41) is 22.7. The molecule has 0 aromatic heterocycles. The smallest absolute Gasteiger partial charge is 0.480 e. The van der Waals surface area contributed by atoms with Crippen LogP contribution in [0.2, 0.25) is 10.0 Å². The maximum absolute atomic E-state index is 15.5. The van der Waals surface area contributed by atoms with Crippen LogP contribution in [0.5, 0.6) is 0 Å². The van der Waals surface area contributed by atoms with Gasteiger partial charge in [0.1, 0.15) is 23.1 Å². The molecule has 7 nitrogen and oxygen atoms in total. The Morgan fingerprint density at radius 2 is 1.67 bits per heavy atom. The van der Waals surface area contributed by atoms with Crippen molar-refractivity contribution in [1.29, 1.82) is 0 Å². The Morgan fingerprint density at radius 3 is 2.18 bits per heavy atom. The first-order valence-electron chi connectivity index (χ1n) is 11.4. The third kappa shape index (κ3) is 5.68. The lowest BCUT2D eigenvalue weighted by molar-refractivity contribution is -0.192. The molecule has 14 heteroatoms. The Labute approximate surface area is 229 Å². The van der Waals surface area contributed by atoms with E-state index in [1.165, 1.54) is 24.3 Å². The van der Waals surface area contributed by atoms with Crippen LogP contribution >= 0.6 is 23.2 Å². The van der Waals surface area contributed by atoms with E-state index in [9.17, 15) is 27.9 Å². The van der Waals surface area contributed by atoms with Gasteiger partial charge in [-0.3, -0.25) is 14.9 Å². The summed E-state index contributed by atoms with van der Waals surface area (Å²) < 4.78 is 62.4. The van der Waals surface area contributed by atoms with E-state index in [-0.39, 0.29) is 32.3 Å². The number of alkyl halides is 3. The van der Waals surface area contributed by atoms with Gasteiger partial charge in [-0.25, -0.2) is 13.6 Å². The van der Waals surface area contributed by atoms with Gasteiger partial charge in [-0.15, -0.1) is 0 Å². The number of amides is 1. The van der Waals surface area contributed by atoms with Crippen molar-refractivity contribution in [2.45, 2.75) is 56.8 Å². The maximum Gasteiger partial charge on any atom is 0.490 e. The van der Waals surface area contributed by atoms with Crippen LogP contribution in [0, 0.1) is 17.0 Å². The van der Waals surface area contributed by atoms with Crippen LogP contribution in [-0.2, 0) is 19.8 Å². The van der Waals surface area contributed by atoms with Crippen molar-refractivity contribution in [3.8, 4) is 0 Å². The quantitative estimate of drug-likeness (QED) is 0.336. The molecule has 4 atom stereocenters. The zero-order valence-electron chi connectivity index (χ0n) is 20.6. The zero-order valence-corrected chi connectivity index (χ0v) is 22.1. The number of carboxylic acids is 2. The molecule has 0 bridgehead atoms. The summed E-state index contributed by atoms with van der Waals surface area (Å²) in [6.45, 7) is 5.78. The molecule has 0 aliphatic carbocycles. The lowest BCUT2D eigenvalue weighted by Gasteiger charge is -2.37. The molecular weight excluding hydrogens is 574 g/mol. The second-order valence-corrected chi connectivity index (χ2v) is 11.2. The van der Waals surface area contributed by atoms with Crippen molar-refractivity contribution < 1.29 is 46.5 Å². The van der Waals surface area contributed by atoms with E-state index >= 15 is 8.78 Å². The summed E-state index contributed by atoms with van der Waals surface area (Å²) in [7, 11) is 0. The van der Waals surface area contributed by atoms with Gasteiger partial charge in [-0.2, -0.15) is 13.2 Å². The molecule has 2 aromatic carbocycles. The van der Waals surface area contributed by atoms with Gasteiger partial charge < -0.3 is 15.5 Å². The maximum atomic E-state index is 15.5. The molecule has 1 unspecified atom stereocenters. The average Bonchev–Trinajstić information content (AvgIpc) is 3.24. The van der Waals surface area contributed by atoms with Crippen molar-refractivity contribution in [3.05, 3.63) is 63.1 Å². The summed E-state index contributed by atoms with van der Waals surface area (Å²) in [4.78, 5) is 34.9. The number of benzene rings is 2. The molecule has 4 N–H and O–H groups in total. The van der Waals surface area contributed by atoms with Crippen LogP contribution in [0.1, 0.15) is 44.2 Å². The Morgan fingerprint density at radius 1 is 1.08 bits per heavy atom. The van der Waals surface area contributed by atoms with E-state index in [1.807, 2.05) is 20.8 Å². The first kappa shape index (κ1) is 30.6. The van der Waals surface area contributed by atoms with Gasteiger partial charge in [0, 0.05) is 28.2 Å². The van der Waals surface area contributed by atoms with Crippen LogP contribution in [0.3, 0.4) is 0 Å². The van der Waals surface area contributed by atoms with Crippen molar-refractivity contribution in [1.82, 2.24) is 5.32 Å². The predicted molar refractivity (Wildman–Crippen MR) is 132 cm³/mol. The molecule has 1 amide bonds. The minimum absolute atomic E-state index is 0.0122. The fourth-order valence-corrected chi connectivity index (χ4v) is 5.60. The van der Waals surface area contributed by atoms with Crippen LogP contribution < -0.4 is 10.6 Å². The van der Waals surface area contributed by atoms with Crippen molar-refractivity contribution in [3.63, 3.8) is 0 Å². The number of fused-ring (bicyclic) bond motifs is 2. The van der Waals surface area contributed by atoms with Crippen molar-refractivity contribution >= 4 is 46.7 Å². The number of nitrogens with one attached hydrogen (secondary N) is 2. The van der Waals surface area contributed by atoms with Crippen molar-refractivity contribution in [2.75, 3.05) is 5.32 Å². The Bertz CT molecular complexity index is 1330. The summed E-state index contributed by atoms with van der Waals surface area (Å²) >= 11 is 12.0. The highest BCUT2D eigenvalue weighted by molar-refractivity contribution is 6.31. The minimum atomic E-state index is -5.08. The number of hydrogen-bond donors (Lipinski definition) is 4. The highest BCUT2D eigenvalue weighted by Gasteiger charge is 2.67. The molecule has 0 saturated carbocycles. The van der Waals surface area contributed by atoms with Crippen LogP contribution in [0.25, 0.3) is 0 Å². The van der Waals surface area contributed by atoms with E-state index in [0.717, 1.165) is 6.07 Å². The van der Waals surface area contributed by atoms with E-state index in [0.29, 0.717) is 6.42 Å². The van der Waals surface area contributed by atoms with Crippen LogP contribution in [0.15, 0.2) is 30.3 Å². The molecule has 2 heterocycles. The topological polar surface area (TPSA) is 116 Å². The molecule has 2 aromatic rings. The Kier molecular flexibility index (Phi) is 8.27. The second-order valence-electron chi connectivity index (χ2n) is 10.4. The highest BCUT2D eigenvalue weighted by Crippen LogP contribution is 2.57. The van der Waals surface area contributed by atoms with Gasteiger partial charge in [0.25, 0.3) is 0 Å². The first-order valence-corrected chi connectivity index (χ1v) is 12.1. The number of hydrogen-bond acceptors (Lipinski definition) is 4. The van der Waals surface area contributed by atoms with E-state index < -0.39 is 59.1 Å². The van der Waals surface area contributed by atoms with E-state index in [1.54, 1.807) is 0 Å². The monoisotopic (exact) mass is 596 g/mol. The van der Waals surface area contributed by atoms with Gasteiger partial charge in [-0.05, 0) is 35.6 Å². The van der Waals surface area contributed by atoms with Crippen LogP contribution in [-0.4, -0.2) is 46.3 Å². The molecule has 212 valence electrons. The van der Waals surface area contributed by atoms with Gasteiger partial charge in [0.05, 0.1) is 5.02 Å². The first-order chi connectivity index (χ1) is 17.8. The lowest BCUT2D eigenvalue weighted by Crippen LogP contribution is -2.50. The zero-order chi connectivity index (χ0) is 29.7. The predicted octanol–water partition coefficient (Wildman–Crippen LogP) is 5.74. The molecule has 1 saturated heterocycles. The Balaban J connectivity index is 0.000000532. The standard InChI is InChI=1S/C23H22Cl2F2N2O3.C2HF3O2/c1-22(2,3)9-15-23(17-13(26)7-10(24)8-14(17)28-21(23)32)16(19(29-15)20(30)31)11-5-4-6-12(25)18(11)27;3-2(4,5)1(6)7/h4-8,15-16,19,29H,9H2,1-3H3,(H,28,32)(H,30,31);(H,6,7)/t15-,16+,19+,23?;/m0./s1. The summed E-state index contributed by atoms with van der Waals surface area (Å²) in [5.41, 5.74) is -2.01. The molecule has 0 radical (unpaired) electrons. The fraction of sp³-hybridized carbons (Fsp3) is 0.400. The number of aliphatic carboxylic acids is 2. The molecule has 1 fully saturated rings. The van der Waals surface area contributed by atoms with Crippen molar-refractivity contribution in [2.24, 2.45) is 5.41 Å². The number of halogens is 7. The summed E-state index contributed by atoms with van der Waals surface area (Å²) in [5.74, 6) is -7.50. The van der Waals surface area contributed by atoms with E-state index in [4.69, 9.17) is 33.1 Å². The molecular formula is C25H23Cl2F5N2O5. The van der Waals surface area contributed by atoms with Gasteiger partial charge >= 0.3 is 18.1 Å². The van der Waals surface area contributed by atoms with Crippen LogP contribution in [0.4, 0.5) is 27.6 Å². The molecule has 1 spiro atoms. The summed E-state index contributed by atoms with van der Waals surface area (Å²) in [6.07, 6.45) is -4.76. The number of rotatable bonds is 3. The number of carboxylic acid groups (broad SMARTS) is 2. The summed E-state index contributed by atoms with van der Waals surface area (Å²) in [6, 6.07) is 4.54. The molecule has 2 aliphatic heterocycles. The SMILES string of the molecule is CC(C)(C)C[C@@H]1N[C@@H](C(=O)O)[C@@H](c2cccc(Cl)c2F)C12C(=O)Nc1cc(Cl)cc(F)c12.O=C(O)C(F)(F)F. The van der Waals surface area contributed by atoms with Gasteiger partial charge in [0.15, 0.2) is 0 Å². The average molecular weight is 597 g/mol. The highest BCUT2D eigenvalue weighted by atomic mass is 35.5. The van der Waals surface area contributed by atoms with Gasteiger partial charge in [0.2, 0.25) is 5.91 Å². The number of anilines is 1.